The lowest BCUT2D eigenvalue weighted by Gasteiger charge is -2.06. The fourth-order valence-corrected chi connectivity index (χ4v) is 2.24. The molecule has 0 N–H and O–H groups in total. The van der Waals surface area contributed by atoms with E-state index in [-0.39, 0.29) is 12.2 Å². The molecule has 0 aliphatic heterocycles. The summed E-state index contributed by atoms with van der Waals surface area (Å²) in [7, 11) is 0. The van der Waals surface area contributed by atoms with Crippen molar-refractivity contribution in [3.8, 4) is 0 Å². The highest BCUT2D eigenvalue weighted by atomic mass is 35.5. The second-order valence-electron chi connectivity index (χ2n) is 5.05. The van der Waals surface area contributed by atoms with Crippen molar-refractivity contribution in [2.45, 2.75) is 26.7 Å². The third-order valence-corrected chi connectivity index (χ3v) is 3.61. The molecule has 0 heterocycles. The summed E-state index contributed by atoms with van der Waals surface area (Å²) in [6.45, 7) is 4.05. The Morgan fingerprint density at radius 1 is 1.05 bits per heavy atom. The van der Waals surface area contributed by atoms with Crippen LogP contribution < -0.4 is 0 Å². The van der Waals surface area contributed by atoms with Crippen molar-refractivity contribution in [2.24, 2.45) is 0 Å². The van der Waals surface area contributed by atoms with Crippen molar-refractivity contribution in [1.82, 2.24) is 0 Å². The molecule has 0 saturated heterocycles. The predicted molar refractivity (Wildman–Crippen MR) is 79.7 cm³/mol. The van der Waals surface area contributed by atoms with Crippen LogP contribution in [0.4, 0.5) is 4.39 Å². The van der Waals surface area contributed by atoms with E-state index in [1.54, 1.807) is 12.1 Å². The minimum atomic E-state index is -0.425. The van der Waals surface area contributed by atoms with Gasteiger partial charge in [-0.25, -0.2) is 4.39 Å². The molecule has 104 valence electrons. The highest BCUT2D eigenvalue weighted by Gasteiger charge is 2.10. The average Bonchev–Trinajstić information content (AvgIpc) is 2.37. The number of benzene rings is 2. The Kier molecular flexibility index (Phi) is 4.56. The van der Waals surface area contributed by atoms with Crippen LogP contribution in [0.2, 0.25) is 5.02 Å². The molecule has 2 aromatic carbocycles. The van der Waals surface area contributed by atoms with Gasteiger partial charge >= 0.3 is 0 Å². The van der Waals surface area contributed by atoms with E-state index >= 15 is 0 Å². The number of Topliss-reactive ketones (excluding diaryl/α,β-unsaturated/α-hetero) is 1. The molecule has 0 aliphatic rings. The Labute approximate surface area is 123 Å². The first-order valence-corrected chi connectivity index (χ1v) is 6.85. The van der Waals surface area contributed by atoms with E-state index in [0.29, 0.717) is 17.0 Å². The van der Waals surface area contributed by atoms with Gasteiger partial charge in [0.25, 0.3) is 0 Å². The summed E-state index contributed by atoms with van der Waals surface area (Å²) in [5.41, 5.74) is 3.72. The van der Waals surface area contributed by atoms with Crippen molar-refractivity contribution < 1.29 is 9.18 Å². The topological polar surface area (TPSA) is 17.1 Å². The molecule has 0 unspecified atom stereocenters. The molecular formula is C17H16ClFO. The highest BCUT2D eigenvalue weighted by Crippen LogP contribution is 2.16. The normalized spacial score (nSPS) is 10.6. The Morgan fingerprint density at radius 2 is 1.80 bits per heavy atom. The molecule has 0 saturated carbocycles. The van der Waals surface area contributed by atoms with Gasteiger partial charge in [0.15, 0.2) is 0 Å². The number of carbonyl (C=O) groups is 1. The number of halogens is 2. The van der Waals surface area contributed by atoms with Gasteiger partial charge in [0, 0.05) is 17.9 Å². The molecule has 0 atom stereocenters. The summed E-state index contributed by atoms with van der Waals surface area (Å²) >= 11 is 5.69. The van der Waals surface area contributed by atoms with E-state index in [2.05, 4.69) is 0 Å². The molecule has 1 nitrogen and oxygen atoms in total. The SMILES string of the molecule is Cc1ccc(CC(=O)Cc2ccc(Cl)cc2F)cc1C. The zero-order valence-corrected chi connectivity index (χ0v) is 12.3. The van der Waals surface area contributed by atoms with E-state index in [9.17, 15) is 9.18 Å². The third-order valence-electron chi connectivity index (χ3n) is 3.38. The van der Waals surface area contributed by atoms with Crippen LogP contribution in [0.1, 0.15) is 22.3 Å². The Bertz CT molecular complexity index is 649. The molecule has 2 rings (SSSR count). The van der Waals surface area contributed by atoms with Crippen LogP contribution in [0.25, 0.3) is 0 Å². The van der Waals surface area contributed by atoms with Crippen molar-refractivity contribution in [1.29, 1.82) is 0 Å². The fourth-order valence-electron chi connectivity index (χ4n) is 2.08. The minimum absolute atomic E-state index is 0.00512. The summed E-state index contributed by atoms with van der Waals surface area (Å²) in [4.78, 5) is 12.0. The van der Waals surface area contributed by atoms with E-state index < -0.39 is 5.82 Å². The lowest BCUT2D eigenvalue weighted by atomic mass is 9.99. The molecule has 0 fully saturated rings. The number of hydrogen-bond acceptors (Lipinski definition) is 1. The third kappa shape index (κ3) is 3.67. The van der Waals surface area contributed by atoms with Gasteiger partial charge in [-0.3, -0.25) is 4.79 Å². The number of aryl methyl sites for hydroxylation is 2. The second-order valence-corrected chi connectivity index (χ2v) is 5.48. The summed E-state index contributed by atoms with van der Waals surface area (Å²) in [5, 5.41) is 0.341. The first-order chi connectivity index (χ1) is 9.45. The monoisotopic (exact) mass is 290 g/mol. The summed E-state index contributed by atoms with van der Waals surface area (Å²) < 4.78 is 13.6. The number of rotatable bonds is 4. The largest absolute Gasteiger partial charge is 0.299 e. The Balaban J connectivity index is 2.07. The lowest BCUT2D eigenvalue weighted by molar-refractivity contribution is -0.117. The van der Waals surface area contributed by atoms with E-state index in [4.69, 9.17) is 11.6 Å². The molecule has 3 heteroatoms. The molecule has 20 heavy (non-hydrogen) atoms. The molecule has 0 aliphatic carbocycles. The molecule has 0 aromatic heterocycles. The fraction of sp³-hybridized carbons (Fsp3) is 0.235. The number of hydrogen-bond donors (Lipinski definition) is 0. The van der Waals surface area contributed by atoms with Gasteiger partial charge in [0.05, 0.1) is 0 Å². The van der Waals surface area contributed by atoms with Gasteiger partial charge in [0.1, 0.15) is 11.6 Å². The first-order valence-electron chi connectivity index (χ1n) is 6.47. The smallest absolute Gasteiger partial charge is 0.141 e. The van der Waals surface area contributed by atoms with Crippen molar-refractivity contribution in [3.05, 3.63) is 69.5 Å². The Hall–Kier alpha value is -1.67. The minimum Gasteiger partial charge on any atom is -0.299 e. The maximum atomic E-state index is 13.6. The van der Waals surface area contributed by atoms with Crippen LogP contribution in [0.5, 0.6) is 0 Å². The lowest BCUT2D eigenvalue weighted by Crippen LogP contribution is -2.08. The summed E-state index contributed by atoms with van der Waals surface area (Å²) in [5.74, 6) is -0.430. The van der Waals surface area contributed by atoms with E-state index in [0.717, 1.165) is 11.1 Å². The predicted octanol–water partition coefficient (Wildman–Crippen LogP) is 4.45. The van der Waals surface area contributed by atoms with Crippen LogP contribution in [0.3, 0.4) is 0 Å². The number of ketones is 1. The van der Waals surface area contributed by atoms with Gasteiger partial charge in [-0.2, -0.15) is 0 Å². The van der Waals surface area contributed by atoms with Crippen molar-refractivity contribution >= 4 is 17.4 Å². The van der Waals surface area contributed by atoms with E-state index in [1.807, 2.05) is 32.0 Å². The zero-order chi connectivity index (χ0) is 14.7. The molecule has 0 radical (unpaired) electrons. The van der Waals surface area contributed by atoms with Gasteiger partial charge in [0.2, 0.25) is 0 Å². The summed E-state index contributed by atoms with van der Waals surface area (Å²) in [6, 6.07) is 10.4. The van der Waals surface area contributed by atoms with Gasteiger partial charge in [-0.1, -0.05) is 35.9 Å². The van der Waals surface area contributed by atoms with Crippen LogP contribution in [0, 0.1) is 19.7 Å². The van der Waals surface area contributed by atoms with Gasteiger partial charge in [-0.15, -0.1) is 0 Å². The zero-order valence-electron chi connectivity index (χ0n) is 11.5. The Morgan fingerprint density at radius 3 is 2.45 bits per heavy atom. The average molecular weight is 291 g/mol. The summed E-state index contributed by atoms with van der Waals surface area (Å²) in [6.07, 6.45) is 0.416. The molecule has 0 amide bonds. The standard InChI is InChI=1S/C17H16ClFO/c1-11-3-4-13(7-12(11)2)8-16(20)9-14-5-6-15(18)10-17(14)19/h3-7,10H,8-9H2,1-2H3. The van der Waals surface area contributed by atoms with Crippen molar-refractivity contribution in [2.75, 3.05) is 0 Å². The number of carbonyl (C=O) groups excluding carboxylic acids is 1. The molecule has 2 aromatic rings. The van der Waals surface area contributed by atoms with Crippen LogP contribution >= 0.6 is 11.6 Å². The van der Waals surface area contributed by atoms with Gasteiger partial charge < -0.3 is 0 Å². The maximum Gasteiger partial charge on any atom is 0.141 e. The molecule has 0 spiro atoms. The van der Waals surface area contributed by atoms with Crippen LogP contribution in [0.15, 0.2) is 36.4 Å². The quantitative estimate of drug-likeness (QED) is 0.813. The van der Waals surface area contributed by atoms with Gasteiger partial charge in [-0.05, 0) is 48.2 Å². The first kappa shape index (κ1) is 14.7. The molecular weight excluding hydrogens is 275 g/mol. The van der Waals surface area contributed by atoms with Crippen molar-refractivity contribution in [3.63, 3.8) is 0 Å². The van der Waals surface area contributed by atoms with E-state index in [1.165, 1.54) is 11.6 Å². The van der Waals surface area contributed by atoms with Crippen LogP contribution in [-0.4, -0.2) is 5.78 Å². The molecule has 0 bridgehead atoms. The maximum absolute atomic E-state index is 13.6. The second kappa shape index (κ2) is 6.19. The van der Waals surface area contributed by atoms with Crippen LogP contribution in [-0.2, 0) is 17.6 Å². The highest BCUT2D eigenvalue weighted by molar-refractivity contribution is 6.30.